The van der Waals surface area contributed by atoms with Crippen LogP contribution >= 0.6 is 0 Å². The molecule has 0 aromatic heterocycles. The van der Waals surface area contributed by atoms with Crippen LogP contribution in [0, 0.1) is 0 Å². The van der Waals surface area contributed by atoms with E-state index in [9.17, 15) is 0 Å². The van der Waals surface area contributed by atoms with Gasteiger partial charge >= 0.3 is 0 Å². The van der Waals surface area contributed by atoms with E-state index in [1.165, 1.54) is 57.8 Å². The van der Waals surface area contributed by atoms with Crippen LogP contribution in [0.1, 0.15) is 84.0 Å². The summed E-state index contributed by atoms with van der Waals surface area (Å²) in [5, 5.41) is 17.5. The summed E-state index contributed by atoms with van der Waals surface area (Å²) in [5.41, 5.74) is 5.90. The Labute approximate surface area is 113 Å². The molecule has 0 rings (SSSR count). The Morgan fingerprint density at radius 1 is 0.722 bits per heavy atom. The molecule has 0 radical (unpaired) electrons. The monoisotopic (exact) mass is 259 g/mol. The predicted molar refractivity (Wildman–Crippen MR) is 77.3 cm³/mol. The molecule has 0 aromatic carbocycles. The number of hydrogen-bond donors (Lipinski definition) is 3. The van der Waals surface area contributed by atoms with Gasteiger partial charge in [0.15, 0.2) is 6.29 Å². The molecule has 0 heterocycles. The fourth-order valence-electron chi connectivity index (χ4n) is 2.22. The van der Waals surface area contributed by atoms with E-state index >= 15 is 0 Å². The van der Waals surface area contributed by atoms with Crippen LogP contribution in [0.4, 0.5) is 0 Å². The van der Waals surface area contributed by atoms with Gasteiger partial charge in [0.1, 0.15) is 0 Å². The first-order valence-electron chi connectivity index (χ1n) is 7.78. The van der Waals surface area contributed by atoms with E-state index in [2.05, 4.69) is 6.92 Å². The molecule has 1 unspecified atom stereocenters. The van der Waals surface area contributed by atoms with Gasteiger partial charge in [-0.25, -0.2) is 0 Å². The number of aliphatic hydroxyl groups excluding tert-OH is 1. The normalized spacial score (nSPS) is 13.2. The van der Waals surface area contributed by atoms with E-state index < -0.39 is 6.29 Å². The standard InChI is InChI=1S/C15H33NO2/c1-2-3-4-5-6-7-8-9-10-11-14(16)12-13-15(17)18/h14-15,17-18H,2-13,16H2,1H3. The van der Waals surface area contributed by atoms with Gasteiger partial charge < -0.3 is 15.9 Å². The Balaban J connectivity index is 3.10. The fraction of sp³-hybridized carbons (Fsp3) is 1.00. The summed E-state index contributed by atoms with van der Waals surface area (Å²) in [6.07, 6.45) is 12.9. The van der Waals surface area contributed by atoms with Crippen molar-refractivity contribution in [2.24, 2.45) is 5.73 Å². The van der Waals surface area contributed by atoms with E-state index in [1.54, 1.807) is 0 Å². The summed E-state index contributed by atoms with van der Waals surface area (Å²) < 4.78 is 0. The second-order valence-electron chi connectivity index (χ2n) is 5.44. The van der Waals surface area contributed by atoms with Gasteiger partial charge in [-0.1, -0.05) is 64.7 Å². The molecule has 1 atom stereocenters. The van der Waals surface area contributed by atoms with Crippen molar-refractivity contribution in [2.45, 2.75) is 96.3 Å². The average molecular weight is 259 g/mol. The van der Waals surface area contributed by atoms with Gasteiger partial charge in [-0.15, -0.1) is 0 Å². The van der Waals surface area contributed by atoms with Gasteiger partial charge in [-0.2, -0.15) is 0 Å². The van der Waals surface area contributed by atoms with E-state index in [-0.39, 0.29) is 6.04 Å². The third-order valence-electron chi connectivity index (χ3n) is 3.47. The summed E-state index contributed by atoms with van der Waals surface area (Å²) >= 11 is 0. The van der Waals surface area contributed by atoms with Crippen molar-refractivity contribution in [3.8, 4) is 0 Å². The van der Waals surface area contributed by atoms with Gasteiger partial charge in [0.05, 0.1) is 0 Å². The average Bonchev–Trinajstić information content (AvgIpc) is 2.34. The van der Waals surface area contributed by atoms with Crippen LogP contribution in [0.2, 0.25) is 0 Å². The van der Waals surface area contributed by atoms with Crippen molar-refractivity contribution >= 4 is 0 Å². The molecule has 0 saturated heterocycles. The molecule has 0 bridgehead atoms. The van der Waals surface area contributed by atoms with Gasteiger partial charge in [0.25, 0.3) is 0 Å². The lowest BCUT2D eigenvalue weighted by molar-refractivity contribution is -0.0474. The minimum absolute atomic E-state index is 0.136. The van der Waals surface area contributed by atoms with E-state index in [0.29, 0.717) is 12.8 Å². The zero-order valence-electron chi connectivity index (χ0n) is 12.1. The maximum Gasteiger partial charge on any atom is 0.151 e. The van der Waals surface area contributed by atoms with Crippen LogP contribution in [0.25, 0.3) is 0 Å². The molecule has 0 spiro atoms. The molecule has 4 N–H and O–H groups in total. The highest BCUT2D eigenvalue weighted by molar-refractivity contribution is 4.62. The summed E-state index contributed by atoms with van der Waals surface area (Å²) in [6.45, 7) is 2.25. The molecule has 110 valence electrons. The van der Waals surface area contributed by atoms with Crippen molar-refractivity contribution in [2.75, 3.05) is 0 Å². The van der Waals surface area contributed by atoms with Gasteiger partial charge in [0, 0.05) is 6.04 Å². The van der Waals surface area contributed by atoms with Crippen LogP contribution in [-0.2, 0) is 0 Å². The Morgan fingerprint density at radius 2 is 1.22 bits per heavy atom. The molecule has 0 saturated carbocycles. The predicted octanol–water partition coefficient (Wildman–Crippen LogP) is 3.33. The molecular formula is C15H33NO2. The molecule has 18 heavy (non-hydrogen) atoms. The van der Waals surface area contributed by atoms with E-state index in [1.807, 2.05) is 0 Å². The molecular weight excluding hydrogens is 226 g/mol. The second-order valence-corrected chi connectivity index (χ2v) is 5.44. The maximum atomic E-state index is 8.73. The lowest BCUT2D eigenvalue weighted by atomic mass is 10.0. The van der Waals surface area contributed by atoms with Crippen molar-refractivity contribution in [1.29, 1.82) is 0 Å². The topological polar surface area (TPSA) is 66.5 Å². The fourth-order valence-corrected chi connectivity index (χ4v) is 2.22. The SMILES string of the molecule is CCCCCCCCCCCC(N)CCC(O)O. The largest absolute Gasteiger partial charge is 0.368 e. The van der Waals surface area contributed by atoms with Crippen molar-refractivity contribution in [3.05, 3.63) is 0 Å². The Bertz CT molecular complexity index is 163. The number of rotatable bonds is 13. The molecule has 0 aromatic rings. The van der Waals surface area contributed by atoms with Crippen LogP contribution in [0.3, 0.4) is 0 Å². The Kier molecular flexibility index (Phi) is 13.2. The first-order valence-corrected chi connectivity index (χ1v) is 7.78. The highest BCUT2D eigenvalue weighted by Gasteiger charge is 2.05. The van der Waals surface area contributed by atoms with Gasteiger partial charge in [0.2, 0.25) is 0 Å². The maximum absolute atomic E-state index is 8.73. The third kappa shape index (κ3) is 13.9. The summed E-state index contributed by atoms with van der Waals surface area (Å²) in [5.74, 6) is 0. The molecule has 3 nitrogen and oxygen atoms in total. The Morgan fingerprint density at radius 3 is 1.72 bits per heavy atom. The van der Waals surface area contributed by atoms with E-state index in [0.717, 1.165) is 6.42 Å². The number of hydrogen-bond acceptors (Lipinski definition) is 3. The van der Waals surface area contributed by atoms with Crippen LogP contribution in [-0.4, -0.2) is 22.5 Å². The van der Waals surface area contributed by atoms with Crippen molar-refractivity contribution in [1.82, 2.24) is 0 Å². The molecule has 0 fully saturated rings. The van der Waals surface area contributed by atoms with Gasteiger partial charge in [-0.3, -0.25) is 0 Å². The summed E-state index contributed by atoms with van der Waals surface area (Å²) in [4.78, 5) is 0. The quantitative estimate of drug-likeness (QED) is 0.351. The second kappa shape index (κ2) is 13.3. The number of unbranched alkanes of at least 4 members (excludes halogenated alkanes) is 8. The minimum Gasteiger partial charge on any atom is -0.368 e. The molecule has 0 aliphatic rings. The first kappa shape index (κ1) is 17.9. The lowest BCUT2D eigenvalue weighted by Gasteiger charge is -2.11. The van der Waals surface area contributed by atoms with Crippen LogP contribution in [0.15, 0.2) is 0 Å². The Hall–Kier alpha value is -0.120. The minimum atomic E-state index is -1.20. The zero-order chi connectivity index (χ0) is 13.6. The van der Waals surface area contributed by atoms with Crippen LogP contribution in [0.5, 0.6) is 0 Å². The smallest absolute Gasteiger partial charge is 0.151 e. The third-order valence-corrected chi connectivity index (χ3v) is 3.47. The number of nitrogens with two attached hydrogens (primary N) is 1. The number of aliphatic hydroxyl groups is 2. The highest BCUT2D eigenvalue weighted by Crippen LogP contribution is 2.12. The highest BCUT2D eigenvalue weighted by atomic mass is 16.5. The summed E-state index contributed by atoms with van der Waals surface area (Å²) in [6, 6.07) is 0.136. The molecule has 0 aliphatic heterocycles. The van der Waals surface area contributed by atoms with Crippen molar-refractivity contribution in [3.63, 3.8) is 0 Å². The van der Waals surface area contributed by atoms with E-state index in [4.69, 9.17) is 15.9 Å². The molecule has 0 amide bonds. The first-order chi connectivity index (χ1) is 8.66. The lowest BCUT2D eigenvalue weighted by Crippen LogP contribution is -2.21. The molecule has 0 aliphatic carbocycles. The zero-order valence-corrected chi connectivity index (χ0v) is 12.1. The van der Waals surface area contributed by atoms with Crippen molar-refractivity contribution < 1.29 is 10.2 Å². The summed E-state index contributed by atoms with van der Waals surface area (Å²) in [7, 11) is 0. The molecule has 3 heteroatoms. The van der Waals surface area contributed by atoms with Crippen LogP contribution < -0.4 is 5.73 Å². The van der Waals surface area contributed by atoms with Gasteiger partial charge in [-0.05, 0) is 19.3 Å².